The van der Waals surface area contributed by atoms with Crippen molar-refractivity contribution >= 4 is 11.3 Å². The predicted molar refractivity (Wildman–Crippen MR) is 99.0 cm³/mol. The average molecular weight is 352 g/mol. The molecule has 1 fully saturated rings. The van der Waals surface area contributed by atoms with E-state index in [-0.39, 0.29) is 5.92 Å². The fourth-order valence-corrected chi connectivity index (χ4v) is 3.62. The molecule has 0 aliphatic carbocycles. The summed E-state index contributed by atoms with van der Waals surface area (Å²) in [6, 6.07) is 5.95. The Morgan fingerprint density at radius 1 is 1.23 bits per heavy atom. The van der Waals surface area contributed by atoms with Gasteiger partial charge in [0.2, 0.25) is 5.65 Å². The molecule has 3 aromatic heterocycles. The van der Waals surface area contributed by atoms with Crippen LogP contribution in [0, 0.1) is 5.92 Å². The number of aliphatic hydroxyl groups excluding tert-OH is 1. The SMILES string of the molecule is CC(C)c1cc(N2CCC(C(O)c3cccnc3)CC2)c2nncn2n1. The summed E-state index contributed by atoms with van der Waals surface area (Å²) in [7, 11) is 0. The first kappa shape index (κ1) is 16.9. The van der Waals surface area contributed by atoms with Crippen LogP contribution in [0.1, 0.15) is 50.0 Å². The Balaban J connectivity index is 1.53. The molecule has 1 atom stereocenters. The van der Waals surface area contributed by atoms with Crippen molar-refractivity contribution < 1.29 is 5.11 Å². The van der Waals surface area contributed by atoms with Crippen LogP contribution in [0.15, 0.2) is 36.9 Å². The highest BCUT2D eigenvalue weighted by Gasteiger charge is 2.28. The van der Waals surface area contributed by atoms with Crippen LogP contribution in [0.3, 0.4) is 0 Å². The number of piperidine rings is 1. The van der Waals surface area contributed by atoms with E-state index in [1.807, 2.05) is 12.1 Å². The Labute approximate surface area is 152 Å². The Kier molecular flexibility index (Phi) is 4.55. The molecule has 0 spiro atoms. The van der Waals surface area contributed by atoms with Crippen molar-refractivity contribution in [2.45, 2.75) is 38.7 Å². The van der Waals surface area contributed by atoms with Crippen LogP contribution in [0.25, 0.3) is 5.65 Å². The van der Waals surface area contributed by atoms with Gasteiger partial charge in [-0.3, -0.25) is 4.98 Å². The molecule has 136 valence electrons. The molecule has 1 aliphatic rings. The van der Waals surface area contributed by atoms with Crippen LogP contribution in [0.2, 0.25) is 0 Å². The molecular weight excluding hydrogens is 328 g/mol. The molecule has 4 rings (SSSR count). The van der Waals surface area contributed by atoms with Gasteiger partial charge in [-0.15, -0.1) is 10.2 Å². The van der Waals surface area contributed by atoms with Gasteiger partial charge in [-0.1, -0.05) is 19.9 Å². The van der Waals surface area contributed by atoms with E-state index >= 15 is 0 Å². The highest BCUT2D eigenvalue weighted by atomic mass is 16.3. The standard InChI is InChI=1S/C19H24N6O/c1-13(2)16-10-17(19-22-21-12-25(19)23-16)24-8-5-14(6-9-24)18(26)15-4-3-7-20-11-15/h3-4,7,10-14,18,26H,5-6,8-9H2,1-2H3. The van der Waals surface area contributed by atoms with Crippen LogP contribution < -0.4 is 4.90 Å². The number of aromatic nitrogens is 5. The van der Waals surface area contributed by atoms with E-state index in [9.17, 15) is 5.11 Å². The molecule has 3 aromatic rings. The third kappa shape index (κ3) is 3.14. The molecule has 1 N–H and O–H groups in total. The number of anilines is 1. The van der Waals surface area contributed by atoms with Gasteiger partial charge in [-0.05, 0) is 42.4 Å². The number of fused-ring (bicyclic) bond motifs is 1. The summed E-state index contributed by atoms with van der Waals surface area (Å²) in [6.07, 6.45) is 6.55. The molecular formula is C19H24N6O. The van der Waals surface area contributed by atoms with Crippen LogP contribution in [0.5, 0.6) is 0 Å². The van der Waals surface area contributed by atoms with E-state index < -0.39 is 6.10 Å². The first-order valence-corrected chi connectivity index (χ1v) is 9.17. The fourth-order valence-electron chi connectivity index (χ4n) is 3.62. The van der Waals surface area contributed by atoms with Gasteiger partial charge in [0.25, 0.3) is 0 Å². The Bertz CT molecular complexity index is 870. The van der Waals surface area contributed by atoms with Crippen molar-refractivity contribution in [2.75, 3.05) is 18.0 Å². The van der Waals surface area contributed by atoms with Crippen molar-refractivity contribution in [3.8, 4) is 0 Å². The summed E-state index contributed by atoms with van der Waals surface area (Å²) in [5, 5.41) is 23.5. The van der Waals surface area contributed by atoms with Gasteiger partial charge in [-0.25, -0.2) is 0 Å². The zero-order valence-electron chi connectivity index (χ0n) is 15.2. The van der Waals surface area contributed by atoms with E-state index in [1.165, 1.54) is 0 Å². The zero-order valence-corrected chi connectivity index (χ0v) is 15.2. The topological polar surface area (TPSA) is 79.4 Å². The van der Waals surface area contributed by atoms with Crippen molar-refractivity contribution in [3.05, 3.63) is 48.2 Å². The average Bonchev–Trinajstić information content (AvgIpc) is 3.16. The minimum absolute atomic E-state index is 0.246. The minimum Gasteiger partial charge on any atom is -0.388 e. The first-order valence-electron chi connectivity index (χ1n) is 9.17. The maximum absolute atomic E-state index is 10.7. The van der Waals surface area contributed by atoms with Gasteiger partial charge in [0.15, 0.2) is 0 Å². The molecule has 7 heteroatoms. The number of hydrogen-bond donors (Lipinski definition) is 1. The second-order valence-corrected chi connectivity index (χ2v) is 7.26. The second-order valence-electron chi connectivity index (χ2n) is 7.26. The first-order chi connectivity index (χ1) is 12.6. The molecule has 1 aliphatic heterocycles. The molecule has 0 amide bonds. The largest absolute Gasteiger partial charge is 0.388 e. The maximum atomic E-state index is 10.7. The summed E-state index contributed by atoms with van der Waals surface area (Å²) in [5.74, 6) is 0.584. The monoisotopic (exact) mass is 352 g/mol. The lowest BCUT2D eigenvalue weighted by Gasteiger charge is -2.35. The maximum Gasteiger partial charge on any atom is 0.200 e. The predicted octanol–water partition coefficient (Wildman–Crippen LogP) is 2.59. The van der Waals surface area contributed by atoms with E-state index in [0.29, 0.717) is 5.92 Å². The molecule has 0 radical (unpaired) electrons. The Morgan fingerprint density at radius 3 is 2.73 bits per heavy atom. The summed E-state index contributed by atoms with van der Waals surface area (Å²) in [4.78, 5) is 6.46. The highest BCUT2D eigenvalue weighted by molar-refractivity contribution is 5.68. The summed E-state index contributed by atoms with van der Waals surface area (Å²) < 4.78 is 1.77. The van der Waals surface area contributed by atoms with Gasteiger partial charge in [0.05, 0.1) is 17.5 Å². The van der Waals surface area contributed by atoms with E-state index in [4.69, 9.17) is 0 Å². The van der Waals surface area contributed by atoms with E-state index in [0.717, 1.165) is 48.5 Å². The molecule has 0 bridgehead atoms. The summed E-state index contributed by atoms with van der Waals surface area (Å²) in [6.45, 7) is 6.04. The van der Waals surface area contributed by atoms with Crippen LogP contribution in [0.4, 0.5) is 5.69 Å². The van der Waals surface area contributed by atoms with Gasteiger partial charge >= 0.3 is 0 Å². The second kappa shape index (κ2) is 6.99. The molecule has 1 saturated heterocycles. The van der Waals surface area contributed by atoms with Crippen molar-refractivity contribution in [1.82, 2.24) is 24.8 Å². The Morgan fingerprint density at radius 2 is 2.04 bits per heavy atom. The Hall–Kier alpha value is -2.54. The van der Waals surface area contributed by atoms with Crippen molar-refractivity contribution in [2.24, 2.45) is 5.92 Å². The number of aliphatic hydroxyl groups is 1. The zero-order chi connectivity index (χ0) is 18.1. The number of nitrogens with zero attached hydrogens (tertiary/aromatic N) is 6. The van der Waals surface area contributed by atoms with Gasteiger partial charge in [0, 0.05) is 25.5 Å². The third-order valence-electron chi connectivity index (χ3n) is 5.21. The molecule has 7 nitrogen and oxygen atoms in total. The smallest absolute Gasteiger partial charge is 0.200 e. The molecule has 26 heavy (non-hydrogen) atoms. The third-order valence-corrected chi connectivity index (χ3v) is 5.21. The summed E-state index contributed by atoms with van der Waals surface area (Å²) in [5.41, 5.74) is 3.80. The van der Waals surface area contributed by atoms with Gasteiger partial charge in [-0.2, -0.15) is 9.61 Å². The van der Waals surface area contributed by atoms with Crippen LogP contribution >= 0.6 is 0 Å². The minimum atomic E-state index is -0.456. The lowest BCUT2D eigenvalue weighted by atomic mass is 9.88. The van der Waals surface area contributed by atoms with E-state index in [1.54, 1.807) is 23.2 Å². The van der Waals surface area contributed by atoms with Crippen LogP contribution in [-0.4, -0.2) is 43.0 Å². The number of hydrogen-bond acceptors (Lipinski definition) is 6. The number of pyridine rings is 1. The molecule has 0 aromatic carbocycles. The van der Waals surface area contributed by atoms with Crippen LogP contribution in [-0.2, 0) is 0 Å². The quantitative estimate of drug-likeness (QED) is 0.777. The normalized spacial score (nSPS) is 17.2. The highest BCUT2D eigenvalue weighted by Crippen LogP contribution is 2.33. The van der Waals surface area contributed by atoms with Gasteiger partial charge in [0.1, 0.15) is 6.33 Å². The lowest BCUT2D eigenvalue weighted by molar-refractivity contribution is 0.0927. The van der Waals surface area contributed by atoms with E-state index in [2.05, 4.69) is 45.1 Å². The lowest BCUT2D eigenvalue weighted by Crippen LogP contribution is -2.36. The van der Waals surface area contributed by atoms with Crippen molar-refractivity contribution in [1.29, 1.82) is 0 Å². The van der Waals surface area contributed by atoms with Crippen molar-refractivity contribution in [3.63, 3.8) is 0 Å². The number of rotatable bonds is 4. The summed E-state index contributed by atoms with van der Waals surface area (Å²) >= 11 is 0. The molecule has 1 unspecified atom stereocenters. The molecule has 4 heterocycles. The fraction of sp³-hybridized carbons (Fsp3) is 0.474. The van der Waals surface area contributed by atoms with Gasteiger partial charge < -0.3 is 10.0 Å². The molecule has 0 saturated carbocycles.